The van der Waals surface area contributed by atoms with Crippen molar-refractivity contribution in [3.63, 3.8) is 0 Å². The molecule has 5 heteroatoms. The highest BCUT2D eigenvalue weighted by Gasteiger charge is 1.97. The minimum atomic E-state index is 0.116. The number of benzene rings is 1. The Morgan fingerprint density at radius 2 is 2.07 bits per heavy atom. The van der Waals surface area contributed by atoms with Gasteiger partial charge in [-0.3, -0.25) is 4.68 Å². The molecule has 2 aromatic rings. The van der Waals surface area contributed by atoms with E-state index in [2.05, 4.69) is 15.3 Å². The molecule has 0 amide bonds. The summed E-state index contributed by atoms with van der Waals surface area (Å²) in [5.41, 5.74) is 1.10. The number of aromatic hydroxyl groups is 1. The number of phenols is 1. The molecule has 0 spiro atoms. The quantitative estimate of drug-likeness (QED) is 0.760. The number of hydrogen-bond donors (Lipinski definition) is 1. The summed E-state index contributed by atoms with van der Waals surface area (Å²) < 4.78 is 1.64. The average molecular weight is 202 g/mol. The van der Waals surface area contributed by atoms with Gasteiger partial charge in [0.05, 0.1) is 12.4 Å². The van der Waals surface area contributed by atoms with Gasteiger partial charge in [0.2, 0.25) is 0 Å². The lowest BCUT2D eigenvalue weighted by Crippen LogP contribution is -1.83. The van der Waals surface area contributed by atoms with Gasteiger partial charge >= 0.3 is 0 Å². The van der Waals surface area contributed by atoms with E-state index in [0.29, 0.717) is 11.4 Å². The first-order valence-electron chi connectivity index (χ1n) is 4.44. The Labute approximate surface area is 86.7 Å². The summed E-state index contributed by atoms with van der Waals surface area (Å²) in [5.74, 6) is 0.116. The lowest BCUT2D eigenvalue weighted by molar-refractivity contribution is 0.476. The fraction of sp³-hybridized carbons (Fsp3) is 0.100. The number of nitrogens with zero attached hydrogens (tertiary/aromatic N) is 4. The minimum absolute atomic E-state index is 0.116. The van der Waals surface area contributed by atoms with E-state index in [1.165, 1.54) is 0 Å². The molecule has 1 aromatic carbocycles. The van der Waals surface area contributed by atoms with Gasteiger partial charge < -0.3 is 5.11 Å². The predicted octanol–water partition coefficient (Wildman–Crippen LogP) is 2.54. The highest BCUT2D eigenvalue weighted by atomic mass is 16.3. The molecular formula is C10H10N4O. The molecule has 0 fully saturated rings. The van der Waals surface area contributed by atoms with Gasteiger partial charge in [-0.1, -0.05) is 12.1 Å². The molecule has 0 radical (unpaired) electrons. The fourth-order valence-corrected chi connectivity index (χ4v) is 1.12. The van der Waals surface area contributed by atoms with Crippen molar-refractivity contribution in [2.75, 3.05) is 0 Å². The zero-order valence-electron chi connectivity index (χ0n) is 8.20. The summed E-state index contributed by atoms with van der Waals surface area (Å²) in [4.78, 5) is 0. The largest absolute Gasteiger partial charge is 0.506 e. The van der Waals surface area contributed by atoms with Crippen LogP contribution >= 0.6 is 0 Å². The number of phenolic OH excluding ortho intramolecular Hbond substituents is 1. The number of hydrogen-bond acceptors (Lipinski definition) is 4. The second-order valence-corrected chi connectivity index (χ2v) is 3.06. The molecule has 0 unspecified atom stereocenters. The SMILES string of the molecule is Cn1cc(N=Nc2ccccc2O)cn1. The van der Waals surface area contributed by atoms with E-state index in [4.69, 9.17) is 0 Å². The maximum absolute atomic E-state index is 9.42. The third-order valence-electron chi connectivity index (χ3n) is 1.85. The van der Waals surface area contributed by atoms with Gasteiger partial charge in [0, 0.05) is 7.05 Å². The van der Waals surface area contributed by atoms with E-state index in [0.717, 1.165) is 0 Å². The number of azo groups is 1. The Morgan fingerprint density at radius 1 is 1.27 bits per heavy atom. The van der Waals surface area contributed by atoms with Crippen LogP contribution in [0.25, 0.3) is 0 Å². The van der Waals surface area contributed by atoms with Crippen molar-refractivity contribution in [1.29, 1.82) is 0 Å². The van der Waals surface area contributed by atoms with Crippen LogP contribution in [0, 0.1) is 0 Å². The molecule has 0 aliphatic carbocycles. The Hall–Kier alpha value is -2.17. The molecule has 2 rings (SSSR count). The summed E-state index contributed by atoms with van der Waals surface area (Å²) in [6.07, 6.45) is 3.34. The van der Waals surface area contributed by atoms with E-state index in [-0.39, 0.29) is 5.75 Å². The standard InChI is InChI=1S/C10H10N4O/c1-14-7-8(6-11-14)12-13-9-4-2-3-5-10(9)15/h2-7,15H,1H3. The lowest BCUT2D eigenvalue weighted by Gasteiger charge is -1.94. The van der Waals surface area contributed by atoms with Crippen LogP contribution in [0.5, 0.6) is 5.75 Å². The van der Waals surface area contributed by atoms with Gasteiger partial charge in [-0.25, -0.2) is 0 Å². The Morgan fingerprint density at radius 3 is 2.73 bits per heavy atom. The Bertz CT molecular complexity index is 490. The summed E-state index contributed by atoms with van der Waals surface area (Å²) in [6, 6.07) is 6.78. The van der Waals surface area contributed by atoms with E-state index in [1.807, 2.05) is 0 Å². The molecule has 0 aliphatic rings. The molecule has 1 N–H and O–H groups in total. The topological polar surface area (TPSA) is 62.8 Å². The molecule has 15 heavy (non-hydrogen) atoms. The Kier molecular flexibility index (Phi) is 2.45. The number of aromatic nitrogens is 2. The van der Waals surface area contributed by atoms with Crippen LogP contribution in [0.2, 0.25) is 0 Å². The van der Waals surface area contributed by atoms with E-state index in [9.17, 15) is 5.11 Å². The van der Waals surface area contributed by atoms with Gasteiger partial charge in [0.25, 0.3) is 0 Å². The molecule has 0 saturated carbocycles. The van der Waals surface area contributed by atoms with Crippen LogP contribution in [0.15, 0.2) is 46.9 Å². The molecular weight excluding hydrogens is 192 g/mol. The van der Waals surface area contributed by atoms with Crippen LogP contribution in [-0.4, -0.2) is 14.9 Å². The number of para-hydroxylation sites is 1. The van der Waals surface area contributed by atoms with Gasteiger partial charge in [-0.15, -0.1) is 10.2 Å². The van der Waals surface area contributed by atoms with Crippen molar-refractivity contribution >= 4 is 11.4 Å². The van der Waals surface area contributed by atoms with E-state index >= 15 is 0 Å². The molecule has 0 aliphatic heterocycles. The highest BCUT2D eigenvalue weighted by Crippen LogP contribution is 2.26. The maximum Gasteiger partial charge on any atom is 0.143 e. The summed E-state index contributed by atoms with van der Waals surface area (Å²) in [6.45, 7) is 0. The second kappa shape index (κ2) is 3.91. The lowest BCUT2D eigenvalue weighted by atomic mass is 10.3. The van der Waals surface area contributed by atoms with Crippen LogP contribution in [0.1, 0.15) is 0 Å². The van der Waals surface area contributed by atoms with E-state index < -0.39 is 0 Å². The second-order valence-electron chi connectivity index (χ2n) is 3.06. The van der Waals surface area contributed by atoms with Crippen LogP contribution < -0.4 is 0 Å². The highest BCUT2D eigenvalue weighted by molar-refractivity contribution is 5.50. The first-order chi connectivity index (χ1) is 7.25. The molecule has 0 atom stereocenters. The average Bonchev–Trinajstić information content (AvgIpc) is 2.63. The zero-order valence-corrected chi connectivity index (χ0v) is 8.20. The first-order valence-corrected chi connectivity index (χ1v) is 4.44. The number of rotatable bonds is 2. The van der Waals surface area contributed by atoms with Crippen molar-refractivity contribution in [3.8, 4) is 5.75 Å². The van der Waals surface area contributed by atoms with Crippen LogP contribution in [-0.2, 0) is 7.05 Å². The van der Waals surface area contributed by atoms with E-state index in [1.54, 1.807) is 48.4 Å². The van der Waals surface area contributed by atoms with Crippen LogP contribution in [0.4, 0.5) is 11.4 Å². The van der Waals surface area contributed by atoms with Crippen molar-refractivity contribution in [1.82, 2.24) is 9.78 Å². The summed E-state index contributed by atoms with van der Waals surface area (Å²) >= 11 is 0. The van der Waals surface area contributed by atoms with Crippen molar-refractivity contribution < 1.29 is 5.11 Å². The maximum atomic E-state index is 9.42. The van der Waals surface area contributed by atoms with Crippen molar-refractivity contribution in [3.05, 3.63) is 36.7 Å². The molecule has 1 aromatic heterocycles. The molecule has 1 heterocycles. The smallest absolute Gasteiger partial charge is 0.143 e. The molecule has 0 bridgehead atoms. The monoisotopic (exact) mass is 202 g/mol. The van der Waals surface area contributed by atoms with Gasteiger partial charge in [-0.05, 0) is 12.1 Å². The third-order valence-corrected chi connectivity index (χ3v) is 1.85. The van der Waals surface area contributed by atoms with Gasteiger partial charge in [-0.2, -0.15) is 5.10 Å². The predicted molar refractivity (Wildman–Crippen MR) is 55.5 cm³/mol. The van der Waals surface area contributed by atoms with Crippen LogP contribution in [0.3, 0.4) is 0 Å². The minimum Gasteiger partial charge on any atom is -0.506 e. The van der Waals surface area contributed by atoms with Crippen molar-refractivity contribution in [2.24, 2.45) is 17.3 Å². The normalized spacial score (nSPS) is 11.0. The summed E-state index contributed by atoms with van der Waals surface area (Å²) in [7, 11) is 1.80. The number of aryl methyl sites for hydroxylation is 1. The molecule has 76 valence electrons. The zero-order chi connectivity index (χ0) is 10.7. The van der Waals surface area contributed by atoms with Gasteiger partial charge in [0.15, 0.2) is 0 Å². The third kappa shape index (κ3) is 2.19. The molecule has 5 nitrogen and oxygen atoms in total. The molecule has 0 saturated heterocycles. The first kappa shape index (κ1) is 9.39. The Balaban J connectivity index is 2.22. The van der Waals surface area contributed by atoms with Crippen molar-refractivity contribution in [2.45, 2.75) is 0 Å². The fourth-order valence-electron chi connectivity index (χ4n) is 1.12. The van der Waals surface area contributed by atoms with Gasteiger partial charge in [0.1, 0.15) is 17.1 Å². The summed E-state index contributed by atoms with van der Waals surface area (Å²) in [5, 5.41) is 21.2.